The summed E-state index contributed by atoms with van der Waals surface area (Å²) in [7, 11) is 0. The van der Waals surface area contributed by atoms with Crippen molar-refractivity contribution < 1.29 is 4.79 Å². The Hall–Kier alpha value is -1.58. The van der Waals surface area contributed by atoms with E-state index in [2.05, 4.69) is 31.1 Å². The van der Waals surface area contributed by atoms with E-state index in [1.165, 1.54) is 0 Å². The second-order valence-corrected chi connectivity index (χ2v) is 5.00. The van der Waals surface area contributed by atoms with Crippen LogP contribution in [-0.2, 0) is 0 Å². The minimum Gasteiger partial charge on any atom is -0.397 e. The highest BCUT2D eigenvalue weighted by atomic mass is 16.2. The molecule has 3 N–H and O–H groups in total. The van der Waals surface area contributed by atoms with Crippen LogP contribution in [0.25, 0.3) is 0 Å². The quantitative estimate of drug-likeness (QED) is 0.800. The third kappa shape index (κ3) is 2.95. The summed E-state index contributed by atoms with van der Waals surface area (Å²) in [6, 6.07) is 3.43. The molecule has 1 aromatic heterocycles. The van der Waals surface area contributed by atoms with Crippen LogP contribution in [0.4, 0.5) is 5.69 Å². The second kappa shape index (κ2) is 4.51. The number of nitrogens with two attached hydrogens (primary N) is 1. The lowest BCUT2D eigenvalue weighted by Gasteiger charge is -2.28. The molecule has 88 valence electrons. The first-order valence-electron chi connectivity index (χ1n) is 5.33. The molecule has 0 bridgehead atoms. The number of nitrogens with one attached hydrogen (secondary N) is 1. The topological polar surface area (TPSA) is 68.0 Å². The zero-order valence-electron chi connectivity index (χ0n) is 10.2. The summed E-state index contributed by atoms with van der Waals surface area (Å²) in [5.41, 5.74) is 6.39. The maximum absolute atomic E-state index is 11.9. The number of carbonyl (C=O) groups excluding carboxylic acids is 1. The Morgan fingerprint density at radius 3 is 2.62 bits per heavy atom. The highest BCUT2D eigenvalue weighted by Crippen LogP contribution is 2.19. The minimum absolute atomic E-state index is 0.0131. The van der Waals surface area contributed by atoms with E-state index < -0.39 is 0 Å². The van der Waals surface area contributed by atoms with Gasteiger partial charge < -0.3 is 11.1 Å². The first kappa shape index (κ1) is 12.5. The van der Waals surface area contributed by atoms with E-state index in [1.807, 2.05) is 6.92 Å². The number of amides is 1. The zero-order chi connectivity index (χ0) is 12.3. The molecule has 0 aliphatic carbocycles. The fourth-order valence-electron chi connectivity index (χ4n) is 1.09. The van der Waals surface area contributed by atoms with Gasteiger partial charge in [-0.3, -0.25) is 4.79 Å². The van der Waals surface area contributed by atoms with Gasteiger partial charge in [0.25, 0.3) is 5.91 Å². The predicted molar refractivity (Wildman–Crippen MR) is 65.0 cm³/mol. The number of nitrogen functional groups attached to an aromatic ring is 1. The number of hydrogen-bond donors (Lipinski definition) is 2. The molecule has 0 saturated carbocycles. The van der Waals surface area contributed by atoms with Crippen LogP contribution in [0.3, 0.4) is 0 Å². The molecule has 0 saturated heterocycles. The van der Waals surface area contributed by atoms with Gasteiger partial charge in [0.2, 0.25) is 0 Å². The van der Waals surface area contributed by atoms with Crippen molar-refractivity contribution >= 4 is 11.6 Å². The highest BCUT2D eigenvalue weighted by Gasteiger charge is 2.23. The normalized spacial score (nSPS) is 13.2. The summed E-state index contributed by atoms with van der Waals surface area (Å²) in [6.07, 6.45) is 1.56. The summed E-state index contributed by atoms with van der Waals surface area (Å²) in [6.45, 7) is 8.18. The van der Waals surface area contributed by atoms with Gasteiger partial charge in [0, 0.05) is 12.2 Å². The molecule has 4 heteroatoms. The molecule has 4 nitrogen and oxygen atoms in total. The number of rotatable bonds is 2. The van der Waals surface area contributed by atoms with E-state index in [0.717, 1.165) is 0 Å². The molecule has 1 atom stereocenters. The largest absolute Gasteiger partial charge is 0.397 e. The lowest BCUT2D eigenvalue weighted by atomic mass is 9.88. The molecule has 0 radical (unpaired) electrons. The molecule has 0 aromatic carbocycles. The zero-order valence-corrected chi connectivity index (χ0v) is 10.2. The van der Waals surface area contributed by atoms with Crippen molar-refractivity contribution in [1.82, 2.24) is 10.3 Å². The van der Waals surface area contributed by atoms with Crippen molar-refractivity contribution in [3.8, 4) is 0 Å². The first-order valence-corrected chi connectivity index (χ1v) is 5.33. The van der Waals surface area contributed by atoms with Crippen LogP contribution in [0, 0.1) is 5.41 Å². The molecule has 16 heavy (non-hydrogen) atoms. The number of pyridine rings is 1. The molecule has 0 fully saturated rings. The second-order valence-electron chi connectivity index (χ2n) is 5.00. The number of hydrogen-bond acceptors (Lipinski definition) is 3. The Kier molecular flexibility index (Phi) is 3.52. The molecule has 1 rings (SSSR count). The Morgan fingerprint density at radius 1 is 1.50 bits per heavy atom. The Balaban J connectivity index is 2.78. The Bertz CT molecular complexity index is 382. The third-order valence-electron chi connectivity index (χ3n) is 2.70. The van der Waals surface area contributed by atoms with Crippen molar-refractivity contribution in [1.29, 1.82) is 0 Å². The average molecular weight is 221 g/mol. The highest BCUT2D eigenvalue weighted by molar-refractivity contribution is 5.97. The van der Waals surface area contributed by atoms with E-state index in [4.69, 9.17) is 5.73 Å². The molecule has 1 unspecified atom stereocenters. The number of carbonyl (C=O) groups is 1. The van der Waals surface area contributed by atoms with E-state index in [-0.39, 0.29) is 17.4 Å². The SMILES string of the molecule is CC(NC(=O)c1ncccc1N)C(C)(C)C. The summed E-state index contributed by atoms with van der Waals surface area (Å²) in [4.78, 5) is 15.8. The maximum atomic E-state index is 11.9. The number of nitrogens with zero attached hydrogens (tertiary/aromatic N) is 1. The fraction of sp³-hybridized carbons (Fsp3) is 0.500. The van der Waals surface area contributed by atoms with Crippen molar-refractivity contribution in [2.75, 3.05) is 5.73 Å². The van der Waals surface area contributed by atoms with Gasteiger partial charge >= 0.3 is 0 Å². The molecule has 1 aromatic rings. The van der Waals surface area contributed by atoms with Crippen LogP contribution in [0.1, 0.15) is 38.2 Å². The van der Waals surface area contributed by atoms with Gasteiger partial charge in [0.1, 0.15) is 0 Å². The Morgan fingerprint density at radius 2 is 2.12 bits per heavy atom. The van der Waals surface area contributed by atoms with Gasteiger partial charge in [-0.05, 0) is 24.5 Å². The van der Waals surface area contributed by atoms with E-state index in [9.17, 15) is 4.79 Å². The Labute approximate surface area is 96.3 Å². The van der Waals surface area contributed by atoms with Gasteiger partial charge in [-0.2, -0.15) is 0 Å². The van der Waals surface area contributed by atoms with Crippen LogP contribution < -0.4 is 11.1 Å². The maximum Gasteiger partial charge on any atom is 0.272 e. The van der Waals surface area contributed by atoms with Crippen LogP contribution in [0.2, 0.25) is 0 Å². The van der Waals surface area contributed by atoms with Gasteiger partial charge in [0.05, 0.1) is 5.69 Å². The molecule has 0 aliphatic rings. The summed E-state index contributed by atoms with van der Waals surface area (Å²) in [5, 5.41) is 2.90. The van der Waals surface area contributed by atoms with Crippen molar-refractivity contribution in [3.05, 3.63) is 24.0 Å². The molecule has 1 heterocycles. The van der Waals surface area contributed by atoms with E-state index in [0.29, 0.717) is 11.4 Å². The smallest absolute Gasteiger partial charge is 0.272 e. The van der Waals surface area contributed by atoms with Crippen LogP contribution >= 0.6 is 0 Å². The lowest BCUT2D eigenvalue weighted by molar-refractivity contribution is 0.0906. The molecular weight excluding hydrogens is 202 g/mol. The molecule has 1 amide bonds. The fourth-order valence-corrected chi connectivity index (χ4v) is 1.09. The third-order valence-corrected chi connectivity index (χ3v) is 2.70. The van der Waals surface area contributed by atoms with Gasteiger partial charge in [-0.1, -0.05) is 20.8 Å². The minimum atomic E-state index is -0.222. The van der Waals surface area contributed by atoms with Crippen LogP contribution in [0.5, 0.6) is 0 Å². The summed E-state index contributed by atoms with van der Waals surface area (Å²) in [5.74, 6) is -0.222. The number of aromatic nitrogens is 1. The van der Waals surface area contributed by atoms with Crippen LogP contribution in [0.15, 0.2) is 18.3 Å². The van der Waals surface area contributed by atoms with Crippen LogP contribution in [-0.4, -0.2) is 16.9 Å². The average Bonchev–Trinajstić information content (AvgIpc) is 2.16. The first-order chi connectivity index (χ1) is 7.32. The summed E-state index contributed by atoms with van der Waals surface area (Å²) >= 11 is 0. The van der Waals surface area contributed by atoms with E-state index >= 15 is 0 Å². The number of anilines is 1. The lowest BCUT2D eigenvalue weighted by Crippen LogP contribution is -2.41. The van der Waals surface area contributed by atoms with Gasteiger partial charge in [-0.15, -0.1) is 0 Å². The van der Waals surface area contributed by atoms with Gasteiger partial charge in [-0.25, -0.2) is 4.98 Å². The summed E-state index contributed by atoms with van der Waals surface area (Å²) < 4.78 is 0. The van der Waals surface area contributed by atoms with E-state index in [1.54, 1.807) is 18.3 Å². The van der Waals surface area contributed by atoms with Crippen molar-refractivity contribution in [3.63, 3.8) is 0 Å². The van der Waals surface area contributed by atoms with Crippen molar-refractivity contribution in [2.24, 2.45) is 5.41 Å². The standard InChI is InChI=1S/C12H19N3O/c1-8(12(2,3)4)15-11(16)10-9(13)6-5-7-14-10/h5-8H,13H2,1-4H3,(H,15,16). The van der Waals surface area contributed by atoms with Gasteiger partial charge in [0.15, 0.2) is 5.69 Å². The van der Waals surface area contributed by atoms with Crippen molar-refractivity contribution in [2.45, 2.75) is 33.7 Å². The molecule has 0 spiro atoms. The predicted octanol–water partition coefficient (Wildman–Crippen LogP) is 1.83. The monoisotopic (exact) mass is 221 g/mol. The molecular formula is C12H19N3O. The molecule has 0 aliphatic heterocycles.